The number of rotatable bonds is 2. The van der Waals surface area contributed by atoms with Gasteiger partial charge in [-0.1, -0.05) is 0 Å². The molecule has 0 radical (unpaired) electrons. The normalized spacial score (nSPS) is 28.9. The molecule has 1 aliphatic heterocycles. The summed E-state index contributed by atoms with van der Waals surface area (Å²) in [4.78, 5) is 11.5. The lowest BCUT2D eigenvalue weighted by Gasteiger charge is -2.20. The molecule has 1 heterocycles. The molecule has 1 amide bonds. The van der Waals surface area contributed by atoms with Crippen LogP contribution in [-0.2, 0) is 4.79 Å². The van der Waals surface area contributed by atoms with Crippen LogP contribution in [0.2, 0.25) is 0 Å². The van der Waals surface area contributed by atoms with Gasteiger partial charge in [-0.05, 0) is 25.8 Å². The first kappa shape index (κ1) is 10.7. The average Bonchev–Trinajstić information content (AvgIpc) is 2.81. The van der Waals surface area contributed by atoms with Crippen LogP contribution in [-0.4, -0.2) is 31.2 Å². The van der Waals surface area contributed by atoms with E-state index in [9.17, 15) is 18.0 Å². The van der Waals surface area contributed by atoms with Crippen LogP contribution in [0, 0.1) is 5.41 Å². The highest BCUT2D eigenvalue weighted by Gasteiger charge is 2.68. The Morgan fingerprint density at radius 1 is 1.40 bits per heavy atom. The molecular weight excluding hydrogens is 209 g/mol. The predicted molar refractivity (Wildman–Crippen MR) is 47.1 cm³/mol. The maximum Gasteiger partial charge on any atom is 0.403 e. The van der Waals surface area contributed by atoms with Gasteiger partial charge in [-0.25, -0.2) is 0 Å². The second-order valence-electron chi connectivity index (χ2n) is 4.24. The summed E-state index contributed by atoms with van der Waals surface area (Å²) in [6.07, 6.45) is -3.83. The van der Waals surface area contributed by atoms with Crippen molar-refractivity contribution < 1.29 is 18.0 Å². The smallest absolute Gasteiger partial charge is 0.351 e. The van der Waals surface area contributed by atoms with Crippen molar-refractivity contribution in [3.05, 3.63) is 0 Å². The predicted octanol–water partition coefficient (Wildman–Crippen LogP) is 0.807. The molecule has 15 heavy (non-hydrogen) atoms. The number of amides is 1. The van der Waals surface area contributed by atoms with E-state index in [4.69, 9.17) is 0 Å². The van der Waals surface area contributed by atoms with Crippen molar-refractivity contribution in [3.63, 3.8) is 0 Å². The van der Waals surface area contributed by atoms with Crippen molar-refractivity contribution in [3.8, 4) is 0 Å². The van der Waals surface area contributed by atoms with Crippen molar-refractivity contribution >= 4 is 5.91 Å². The summed E-state index contributed by atoms with van der Waals surface area (Å²) >= 11 is 0. The summed E-state index contributed by atoms with van der Waals surface area (Å²) in [6, 6.07) is -0.141. The first-order valence-electron chi connectivity index (χ1n) is 5.04. The average molecular weight is 222 g/mol. The fraction of sp³-hybridized carbons (Fsp3) is 0.889. The fourth-order valence-corrected chi connectivity index (χ4v) is 1.87. The third-order valence-electron chi connectivity index (χ3n) is 3.12. The van der Waals surface area contributed by atoms with Crippen LogP contribution < -0.4 is 10.6 Å². The van der Waals surface area contributed by atoms with E-state index in [1.807, 2.05) is 0 Å². The number of carbonyl (C=O) groups excluding carboxylic acids is 1. The minimum atomic E-state index is -4.40. The molecule has 0 spiro atoms. The van der Waals surface area contributed by atoms with Gasteiger partial charge in [0.2, 0.25) is 5.91 Å². The minimum absolute atomic E-state index is 0.0670. The SMILES string of the molecule is O=C(N[C@H]1CCNC1)C1(C(F)(F)F)CC1. The molecule has 0 aromatic rings. The lowest BCUT2D eigenvalue weighted by atomic mass is 10.1. The second-order valence-corrected chi connectivity index (χ2v) is 4.24. The molecule has 2 aliphatic rings. The van der Waals surface area contributed by atoms with Crippen LogP contribution in [0.1, 0.15) is 19.3 Å². The van der Waals surface area contributed by atoms with Gasteiger partial charge in [0.05, 0.1) is 0 Å². The molecule has 0 unspecified atom stereocenters. The van der Waals surface area contributed by atoms with E-state index in [0.717, 1.165) is 6.54 Å². The largest absolute Gasteiger partial charge is 0.403 e. The molecule has 1 atom stereocenters. The van der Waals surface area contributed by atoms with Gasteiger partial charge in [0.15, 0.2) is 0 Å². The van der Waals surface area contributed by atoms with Gasteiger partial charge in [-0.15, -0.1) is 0 Å². The van der Waals surface area contributed by atoms with Crippen molar-refractivity contribution in [1.82, 2.24) is 10.6 Å². The zero-order valence-electron chi connectivity index (χ0n) is 8.16. The van der Waals surface area contributed by atoms with Gasteiger partial charge >= 0.3 is 6.18 Å². The summed E-state index contributed by atoms with van der Waals surface area (Å²) in [5.41, 5.74) is -2.07. The van der Waals surface area contributed by atoms with Crippen LogP contribution in [0.3, 0.4) is 0 Å². The third-order valence-corrected chi connectivity index (χ3v) is 3.12. The quantitative estimate of drug-likeness (QED) is 0.725. The highest BCUT2D eigenvalue weighted by molar-refractivity contribution is 5.86. The van der Waals surface area contributed by atoms with Crippen LogP contribution in [0.5, 0.6) is 0 Å². The van der Waals surface area contributed by atoms with Gasteiger partial charge in [-0.2, -0.15) is 13.2 Å². The molecule has 86 valence electrons. The Kier molecular flexibility index (Phi) is 2.41. The standard InChI is InChI=1S/C9H13F3N2O/c10-9(11,12)8(2-3-8)7(15)14-6-1-4-13-5-6/h6,13H,1-5H2,(H,14,15)/t6-/m0/s1. The maximum absolute atomic E-state index is 12.5. The summed E-state index contributed by atoms with van der Waals surface area (Å²) < 4.78 is 37.6. The Bertz CT molecular complexity index is 267. The van der Waals surface area contributed by atoms with Gasteiger partial charge in [0.25, 0.3) is 0 Å². The van der Waals surface area contributed by atoms with Crippen molar-refractivity contribution in [2.75, 3.05) is 13.1 Å². The Hall–Kier alpha value is -0.780. The van der Waals surface area contributed by atoms with Crippen molar-refractivity contribution in [1.29, 1.82) is 0 Å². The van der Waals surface area contributed by atoms with Gasteiger partial charge in [0.1, 0.15) is 5.41 Å². The number of alkyl halides is 3. The number of halogens is 3. The highest BCUT2D eigenvalue weighted by atomic mass is 19.4. The molecule has 3 nitrogen and oxygen atoms in total. The number of hydrogen-bond donors (Lipinski definition) is 2. The molecule has 1 saturated heterocycles. The Morgan fingerprint density at radius 2 is 2.07 bits per heavy atom. The van der Waals surface area contributed by atoms with E-state index in [2.05, 4.69) is 10.6 Å². The Labute approximate surface area is 85.4 Å². The van der Waals surface area contributed by atoms with Crippen LogP contribution >= 0.6 is 0 Å². The van der Waals surface area contributed by atoms with E-state index < -0.39 is 17.5 Å². The molecule has 2 rings (SSSR count). The van der Waals surface area contributed by atoms with E-state index in [1.165, 1.54) is 0 Å². The lowest BCUT2D eigenvalue weighted by molar-refractivity contribution is -0.192. The zero-order valence-corrected chi connectivity index (χ0v) is 8.16. The first-order chi connectivity index (χ1) is 6.96. The van der Waals surface area contributed by atoms with Crippen LogP contribution in [0.15, 0.2) is 0 Å². The molecule has 0 aromatic carbocycles. The van der Waals surface area contributed by atoms with Gasteiger partial charge in [-0.3, -0.25) is 4.79 Å². The molecular formula is C9H13F3N2O. The molecule has 0 aromatic heterocycles. The molecule has 1 saturated carbocycles. The monoisotopic (exact) mass is 222 g/mol. The first-order valence-corrected chi connectivity index (χ1v) is 5.04. The topological polar surface area (TPSA) is 41.1 Å². The summed E-state index contributed by atoms with van der Waals surface area (Å²) in [7, 11) is 0. The van der Waals surface area contributed by atoms with E-state index in [-0.39, 0.29) is 18.9 Å². The summed E-state index contributed by atoms with van der Waals surface area (Å²) in [5.74, 6) is -0.844. The second kappa shape index (κ2) is 3.37. The van der Waals surface area contributed by atoms with E-state index in [0.29, 0.717) is 13.0 Å². The fourth-order valence-electron chi connectivity index (χ4n) is 1.87. The number of nitrogens with one attached hydrogen (secondary N) is 2. The van der Waals surface area contributed by atoms with E-state index >= 15 is 0 Å². The maximum atomic E-state index is 12.5. The lowest BCUT2D eigenvalue weighted by Crippen LogP contribution is -2.46. The molecule has 2 N–H and O–H groups in total. The molecule has 0 bridgehead atoms. The highest BCUT2D eigenvalue weighted by Crippen LogP contribution is 2.57. The summed E-state index contributed by atoms with van der Waals surface area (Å²) in [6.45, 7) is 1.32. The third kappa shape index (κ3) is 1.82. The Balaban J connectivity index is 1.96. The Morgan fingerprint density at radius 3 is 2.47 bits per heavy atom. The zero-order chi connectivity index (χ0) is 11.1. The molecule has 1 aliphatic carbocycles. The van der Waals surface area contributed by atoms with Gasteiger partial charge < -0.3 is 10.6 Å². The van der Waals surface area contributed by atoms with Crippen molar-refractivity contribution in [2.24, 2.45) is 5.41 Å². The van der Waals surface area contributed by atoms with E-state index in [1.54, 1.807) is 0 Å². The van der Waals surface area contributed by atoms with Gasteiger partial charge in [0, 0.05) is 12.6 Å². The van der Waals surface area contributed by atoms with Crippen LogP contribution in [0.25, 0.3) is 0 Å². The van der Waals surface area contributed by atoms with Crippen molar-refractivity contribution in [2.45, 2.75) is 31.5 Å². The molecule has 2 fully saturated rings. The number of carbonyl (C=O) groups is 1. The van der Waals surface area contributed by atoms with Crippen LogP contribution in [0.4, 0.5) is 13.2 Å². The minimum Gasteiger partial charge on any atom is -0.351 e. The summed E-state index contributed by atoms with van der Waals surface area (Å²) in [5, 5.41) is 5.46. The number of hydrogen-bond acceptors (Lipinski definition) is 2. The molecule has 6 heteroatoms.